The van der Waals surface area contributed by atoms with Crippen LogP contribution in [0.1, 0.15) is 55.5 Å². The van der Waals surface area contributed by atoms with Gasteiger partial charge < -0.3 is 9.53 Å². The highest BCUT2D eigenvalue weighted by atomic mass is 28.3. The maximum absolute atomic E-state index is 12.6. The summed E-state index contributed by atoms with van der Waals surface area (Å²) in [7, 11) is -1.93. The second-order valence-electron chi connectivity index (χ2n) is 7.55. The van der Waals surface area contributed by atoms with Crippen LogP contribution in [-0.4, -0.2) is 26.1 Å². The van der Waals surface area contributed by atoms with Crippen LogP contribution in [0.4, 0.5) is 0 Å². The molecule has 0 heterocycles. The van der Waals surface area contributed by atoms with Gasteiger partial charge in [0.2, 0.25) is 0 Å². The molecule has 25 heavy (non-hydrogen) atoms. The van der Waals surface area contributed by atoms with Gasteiger partial charge in [0.05, 0.1) is 6.61 Å². The third-order valence-electron chi connectivity index (χ3n) is 4.29. The highest BCUT2D eigenvalue weighted by Gasteiger charge is 2.26. The van der Waals surface area contributed by atoms with E-state index in [-0.39, 0.29) is 11.4 Å². The van der Waals surface area contributed by atoms with E-state index >= 15 is 0 Å². The van der Waals surface area contributed by atoms with Crippen LogP contribution in [0, 0.1) is 5.92 Å². The fraction of sp³-hybridized carbons (Fsp3) is 0.524. The topological polar surface area (TPSA) is 43.4 Å². The summed E-state index contributed by atoms with van der Waals surface area (Å²) in [6, 6.07) is 7.45. The minimum atomic E-state index is -1.93. The number of benzene rings is 1. The fourth-order valence-corrected chi connectivity index (χ4v) is 3.59. The predicted molar refractivity (Wildman–Crippen MR) is 107 cm³/mol. The summed E-state index contributed by atoms with van der Waals surface area (Å²) in [6.07, 6.45) is 7.57. The molecule has 1 atom stereocenters. The van der Waals surface area contributed by atoms with E-state index in [1.165, 1.54) is 6.08 Å². The van der Waals surface area contributed by atoms with Crippen LogP contribution in [0.2, 0.25) is 19.6 Å². The summed E-state index contributed by atoms with van der Waals surface area (Å²) in [5.74, 6) is 0.0864. The molecule has 4 heteroatoms. The SMILES string of the molecule is CCCCC(CC)COC(=O)/C=C/c1ccccc1C(=O)[Si](C)(C)C. The Balaban J connectivity index is 2.72. The first kappa shape index (κ1) is 21.4. The van der Waals surface area contributed by atoms with Crippen LogP contribution in [0.25, 0.3) is 6.08 Å². The largest absolute Gasteiger partial charge is 0.462 e. The molecule has 0 spiro atoms. The van der Waals surface area contributed by atoms with E-state index in [1.807, 2.05) is 43.9 Å². The third kappa shape index (κ3) is 7.39. The van der Waals surface area contributed by atoms with Gasteiger partial charge in [-0.3, -0.25) is 0 Å². The van der Waals surface area contributed by atoms with E-state index < -0.39 is 8.07 Å². The molecule has 1 rings (SSSR count). The normalized spacial score (nSPS) is 13.0. The van der Waals surface area contributed by atoms with Crippen molar-refractivity contribution in [2.24, 2.45) is 5.92 Å². The van der Waals surface area contributed by atoms with Gasteiger partial charge in [0.15, 0.2) is 0 Å². The molecule has 0 bridgehead atoms. The zero-order valence-electron chi connectivity index (χ0n) is 16.3. The quantitative estimate of drug-likeness (QED) is 0.313. The van der Waals surface area contributed by atoms with Crippen LogP contribution < -0.4 is 0 Å². The van der Waals surface area contributed by atoms with Crippen molar-refractivity contribution in [2.75, 3.05) is 6.61 Å². The fourth-order valence-electron chi connectivity index (χ4n) is 2.56. The molecule has 0 aliphatic heterocycles. The molecule has 0 radical (unpaired) electrons. The van der Waals surface area contributed by atoms with Gasteiger partial charge in [0, 0.05) is 11.6 Å². The maximum atomic E-state index is 12.6. The van der Waals surface area contributed by atoms with E-state index in [9.17, 15) is 9.59 Å². The van der Waals surface area contributed by atoms with Crippen molar-refractivity contribution in [3.05, 3.63) is 41.5 Å². The van der Waals surface area contributed by atoms with Crippen molar-refractivity contribution >= 4 is 25.5 Å². The van der Waals surface area contributed by atoms with Gasteiger partial charge in [-0.25, -0.2) is 4.79 Å². The van der Waals surface area contributed by atoms with E-state index in [2.05, 4.69) is 13.8 Å². The number of ether oxygens (including phenoxy) is 1. The summed E-state index contributed by atoms with van der Waals surface area (Å²) in [4.78, 5) is 24.6. The molecule has 0 fully saturated rings. The lowest BCUT2D eigenvalue weighted by Gasteiger charge is -2.16. The molecule has 0 N–H and O–H groups in total. The summed E-state index contributed by atoms with van der Waals surface area (Å²) in [6.45, 7) is 10.9. The molecular formula is C21H32O3Si. The Hall–Kier alpha value is -1.68. The average Bonchev–Trinajstić information content (AvgIpc) is 2.59. The van der Waals surface area contributed by atoms with Crippen molar-refractivity contribution in [1.82, 2.24) is 0 Å². The molecule has 1 aromatic carbocycles. The van der Waals surface area contributed by atoms with Gasteiger partial charge in [0.25, 0.3) is 0 Å². The maximum Gasteiger partial charge on any atom is 0.330 e. The molecule has 0 saturated heterocycles. The van der Waals surface area contributed by atoms with Crippen molar-refractivity contribution in [1.29, 1.82) is 0 Å². The zero-order chi connectivity index (χ0) is 18.9. The van der Waals surface area contributed by atoms with Gasteiger partial charge in [-0.15, -0.1) is 0 Å². The molecule has 0 aliphatic rings. The molecule has 1 aromatic rings. The lowest BCUT2D eigenvalue weighted by Crippen LogP contribution is -2.33. The van der Waals surface area contributed by atoms with E-state index in [4.69, 9.17) is 4.74 Å². The van der Waals surface area contributed by atoms with Crippen LogP contribution >= 0.6 is 0 Å². The van der Waals surface area contributed by atoms with Gasteiger partial charge in [0.1, 0.15) is 13.5 Å². The highest BCUT2D eigenvalue weighted by Crippen LogP contribution is 2.18. The van der Waals surface area contributed by atoms with Crippen molar-refractivity contribution in [3.63, 3.8) is 0 Å². The number of unbranched alkanes of at least 4 members (excludes halogenated alkanes) is 1. The van der Waals surface area contributed by atoms with E-state index in [1.54, 1.807) is 6.08 Å². The summed E-state index contributed by atoms with van der Waals surface area (Å²) >= 11 is 0. The summed E-state index contributed by atoms with van der Waals surface area (Å²) in [5.41, 5.74) is 1.48. The second-order valence-corrected chi connectivity index (χ2v) is 12.5. The molecule has 3 nitrogen and oxygen atoms in total. The number of carbonyl (C=O) groups is 2. The van der Waals surface area contributed by atoms with Crippen LogP contribution in [-0.2, 0) is 9.53 Å². The Kier molecular flexibility index (Phi) is 8.83. The number of carbonyl (C=O) groups excluding carboxylic acids is 2. The molecule has 0 aromatic heterocycles. The molecule has 0 aliphatic carbocycles. The van der Waals surface area contributed by atoms with Crippen molar-refractivity contribution in [2.45, 2.75) is 59.2 Å². The first-order chi connectivity index (χ1) is 11.8. The number of hydrogen-bond acceptors (Lipinski definition) is 3. The zero-order valence-corrected chi connectivity index (χ0v) is 17.3. The number of rotatable bonds is 10. The number of hydrogen-bond donors (Lipinski definition) is 0. The Morgan fingerprint density at radius 3 is 2.44 bits per heavy atom. The van der Waals surface area contributed by atoms with Crippen LogP contribution in [0.3, 0.4) is 0 Å². The molecule has 138 valence electrons. The number of esters is 1. The Labute approximate surface area is 153 Å². The first-order valence-electron chi connectivity index (χ1n) is 9.28. The second kappa shape index (κ2) is 10.3. The lowest BCUT2D eigenvalue weighted by molar-refractivity contribution is -0.139. The van der Waals surface area contributed by atoms with Crippen LogP contribution in [0.15, 0.2) is 30.3 Å². The first-order valence-corrected chi connectivity index (χ1v) is 12.8. The summed E-state index contributed by atoms with van der Waals surface area (Å²) < 4.78 is 5.38. The predicted octanol–water partition coefficient (Wildman–Crippen LogP) is 5.52. The van der Waals surface area contributed by atoms with Crippen molar-refractivity contribution < 1.29 is 14.3 Å². The van der Waals surface area contributed by atoms with E-state index in [0.717, 1.165) is 31.2 Å². The van der Waals surface area contributed by atoms with E-state index in [0.29, 0.717) is 18.1 Å². The van der Waals surface area contributed by atoms with Gasteiger partial charge >= 0.3 is 5.97 Å². The van der Waals surface area contributed by atoms with Crippen molar-refractivity contribution in [3.8, 4) is 0 Å². The monoisotopic (exact) mass is 360 g/mol. The molecule has 0 amide bonds. The minimum Gasteiger partial charge on any atom is -0.462 e. The van der Waals surface area contributed by atoms with Gasteiger partial charge in [-0.2, -0.15) is 0 Å². The molecule has 0 saturated carbocycles. The smallest absolute Gasteiger partial charge is 0.330 e. The van der Waals surface area contributed by atoms with Crippen LogP contribution in [0.5, 0.6) is 0 Å². The molecule has 1 unspecified atom stereocenters. The van der Waals surface area contributed by atoms with Gasteiger partial charge in [-0.1, -0.05) is 77.0 Å². The summed E-state index contributed by atoms with van der Waals surface area (Å²) in [5, 5.41) is 0.201. The Bertz CT molecular complexity index is 599. The lowest BCUT2D eigenvalue weighted by atomic mass is 10.0. The van der Waals surface area contributed by atoms with Gasteiger partial charge in [-0.05, 0) is 24.0 Å². The minimum absolute atomic E-state index is 0.201. The standard InChI is InChI=1S/C21H32O3Si/c1-6-8-11-17(7-2)16-24-20(22)15-14-18-12-9-10-13-19(18)21(23)25(3,4)5/h9-10,12-15,17H,6-8,11,16H2,1-5H3/b15-14+. The molecular weight excluding hydrogens is 328 g/mol. The third-order valence-corrected chi connectivity index (χ3v) is 5.92. The Morgan fingerprint density at radius 2 is 1.84 bits per heavy atom. The average molecular weight is 361 g/mol. The highest BCUT2D eigenvalue weighted by molar-refractivity contribution is 7.05. The Morgan fingerprint density at radius 1 is 1.16 bits per heavy atom.